The zero-order valence-electron chi connectivity index (χ0n) is 12.3. The summed E-state index contributed by atoms with van der Waals surface area (Å²) in [6, 6.07) is 5.58. The lowest BCUT2D eigenvalue weighted by atomic mass is 10.1. The Morgan fingerprint density at radius 3 is 2.67 bits per heavy atom. The monoisotopic (exact) mass is 441 g/mol. The Morgan fingerprint density at radius 1 is 1.25 bits per heavy atom. The van der Waals surface area contributed by atoms with Gasteiger partial charge in [0, 0.05) is 14.7 Å². The summed E-state index contributed by atoms with van der Waals surface area (Å²) < 4.78 is 29.5. The molecule has 122 valence electrons. The number of carbonyl (C=O) groups is 1. The fourth-order valence-electron chi connectivity index (χ4n) is 2.30. The van der Waals surface area contributed by atoms with Crippen molar-refractivity contribution < 1.29 is 18.7 Å². The lowest BCUT2D eigenvalue weighted by Crippen LogP contribution is -2.08. The molecule has 0 saturated carbocycles. The Morgan fingerprint density at radius 2 is 2.00 bits per heavy atom. The van der Waals surface area contributed by atoms with E-state index in [1.165, 1.54) is 24.5 Å². The Bertz CT molecular complexity index is 979. The fraction of sp³-hybridized carbons (Fsp3) is 0.0625. The molecule has 1 heterocycles. The summed E-state index contributed by atoms with van der Waals surface area (Å²) >= 11 is 1.94. The number of halogens is 3. The Labute approximate surface area is 148 Å². The predicted octanol–water partition coefficient (Wildman–Crippen LogP) is 4.26. The molecular weight excluding hydrogens is 431 g/mol. The largest absolute Gasteiger partial charge is 0.478 e. The van der Waals surface area contributed by atoms with E-state index in [0.717, 1.165) is 0 Å². The number of fused-ring (bicyclic) bond motifs is 1. The van der Waals surface area contributed by atoms with Crippen molar-refractivity contribution >= 4 is 50.8 Å². The third kappa shape index (κ3) is 2.88. The van der Waals surface area contributed by atoms with Crippen LogP contribution in [0.3, 0.4) is 0 Å². The van der Waals surface area contributed by atoms with Crippen LogP contribution < -0.4 is 5.32 Å². The van der Waals surface area contributed by atoms with Crippen LogP contribution in [0.1, 0.15) is 16.1 Å². The van der Waals surface area contributed by atoms with E-state index in [1.807, 2.05) is 22.6 Å². The Balaban J connectivity index is 2.24. The molecule has 5 nitrogen and oxygen atoms in total. The minimum atomic E-state index is -1.34. The second kappa shape index (κ2) is 6.27. The van der Waals surface area contributed by atoms with E-state index in [-0.39, 0.29) is 22.5 Å². The molecule has 0 atom stereocenters. The molecule has 0 unspecified atom stereocenters. The summed E-state index contributed by atoms with van der Waals surface area (Å²) in [7, 11) is 0. The van der Waals surface area contributed by atoms with Gasteiger partial charge < -0.3 is 10.4 Å². The molecule has 0 aliphatic rings. The van der Waals surface area contributed by atoms with Gasteiger partial charge in [0.05, 0.1) is 16.9 Å². The van der Waals surface area contributed by atoms with Crippen LogP contribution in [0, 0.1) is 22.1 Å². The second-order valence-electron chi connectivity index (χ2n) is 5.02. The van der Waals surface area contributed by atoms with Crippen LogP contribution in [-0.4, -0.2) is 21.0 Å². The maximum atomic E-state index is 14.8. The molecule has 0 saturated heterocycles. The molecule has 0 radical (unpaired) electrons. The molecular formula is C16H10F2IN3O2. The molecule has 8 heteroatoms. The van der Waals surface area contributed by atoms with Crippen LogP contribution >= 0.6 is 22.6 Å². The molecule has 0 amide bonds. The van der Waals surface area contributed by atoms with Crippen LogP contribution in [0.4, 0.5) is 20.2 Å². The van der Waals surface area contributed by atoms with E-state index < -0.39 is 17.6 Å². The zero-order chi connectivity index (χ0) is 17.4. The quantitative estimate of drug-likeness (QED) is 0.595. The van der Waals surface area contributed by atoms with Gasteiger partial charge in [-0.25, -0.2) is 23.5 Å². The van der Waals surface area contributed by atoms with Gasteiger partial charge in [0.2, 0.25) is 0 Å². The first-order valence-corrected chi connectivity index (χ1v) is 7.85. The number of anilines is 2. The fourth-order valence-corrected chi connectivity index (χ4v) is 2.75. The lowest BCUT2D eigenvalue weighted by Gasteiger charge is -2.14. The number of aromatic carboxylic acids is 1. The first-order chi connectivity index (χ1) is 11.4. The zero-order valence-corrected chi connectivity index (χ0v) is 14.4. The molecule has 3 aromatic rings. The van der Waals surface area contributed by atoms with Crippen LogP contribution in [0.15, 0.2) is 30.6 Å². The van der Waals surface area contributed by atoms with Crippen molar-refractivity contribution in [3.05, 3.63) is 57.1 Å². The third-order valence-electron chi connectivity index (χ3n) is 3.49. The van der Waals surface area contributed by atoms with Gasteiger partial charge in [0.25, 0.3) is 0 Å². The van der Waals surface area contributed by atoms with E-state index in [4.69, 9.17) is 0 Å². The van der Waals surface area contributed by atoms with Gasteiger partial charge in [-0.2, -0.15) is 0 Å². The normalized spacial score (nSPS) is 10.8. The molecule has 0 aliphatic heterocycles. The Hall–Kier alpha value is -2.36. The van der Waals surface area contributed by atoms with Crippen molar-refractivity contribution in [1.82, 2.24) is 9.97 Å². The molecule has 2 N–H and O–H groups in total. The highest BCUT2D eigenvalue weighted by Crippen LogP contribution is 2.32. The highest BCUT2D eigenvalue weighted by Gasteiger charge is 2.21. The van der Waals surface area contributed by atoms with Crippen molar-refractivity contribution in [3.63, 3.8) is 0 Å². The lowest BCUT2D eigenvalue weighted by molar-refractivity contribution is 0.0697. The van der Waals surface area contributed by atoms with E-state index in [0.29, 0.717) is 14.7 Å². The van der Waals surface area contributed by atoms with Crippen molar-refractivity contribution in [3.8, 4) is 0 Å². The number of hydrogen-bond acceptors (Lipinski definition) is 4. The number of rotatable bonds is 3. The Kier molecular flexibility index (Phi) is 4.31. The smallest absolute Gasteiger partial charge is 0.337 e. The maximum Gasteiger partial charge on any atom is 0.337 e. The summed E-state index contributed by atoms with van der Waals surface area (Å²) in [6.07, 6.45) is 1.19. The topological polar surface area (TPSA) is 75.1 Å². The molecule has 1 aromatic heterocycles. The summed E-state index contributed by atoms with van der Waals surface area (Å²) in [4.78, 5) is 19.3. The van der Waals surface area contributed by atoms with E-state index in [1.54, 1.807) is 13.0 Å². The molecule has 2 aromatic carbocycles. The summed E-state index contributed by atoms with van der Waals surface area (Å²) in [6.45, 7) is 1.63. The van der Waals surface area contributed by atoms with Crippen LogP contribution in [0.2, 0.25) is 0 Å². The van der Waals surface area contributed by atoms with Crippen LogP contribution in [0.5, 0.6) is 0 Å². The van der Waals surface area contributed by atoms with Gasteiger partial charge in [-0.15, -0.1) is 0 Å². The first-order valence-electron chi connectivity index (χ1n) is 6.77. The van der Waals surface area contributed by atoms with Gasteiger partial charge >= 0.3 is 5.97 Å². The summed E-state index contributed by atoms with van der Waals surface area (Å²) in [5.74, 6) is -2.82. The number of aryl methyl sites for hydroxylation is 1. The summed E-state index contributed by atoms with van der Waals surface area (Å²) in [5.41, 5.74) is -0.264. The van der Waals surface area contributed by atoms with E-state index in [9.17, 15) is 18.7 Å². The van der Waals surface area contributed by atoms with Gasteiger partial charge in [-0.1, -0.05) is 0 Å². The van der Waals surface area contributed by atoms with E-state index in [2.05, 4.69) is 15.3 Å². The molecule has 0 spiro atoms. The average Bonchev–Trinajstić information content (AvgIpc) is 2.52. The number of nitrogens with one attached hydrogen (secondary N) is 1. The molecule has 3 rings (SSSR count). The number of carboxylic acid groups (broad SMARTS) is 1. The summed E-state index contributed by atoms with van der Waals surface area (Å²) in [5, 5.41) is 12.2. The third-order valence-corrected chi connectivity index (χ3v) is 4.16. The molecule has 0 fully saturated rings. The van der Waals surface area contributed by atoms with Crippen LogP contribution in [0.25, 0.3) is 10.9 Å². The molecule has 24 heavy (non-hydrogen) atoms. The number of benzene rings is 2. The average molecular weight is 441 g/mol. The van der Waals surface area contributed by atoms with Gasteiger partial charge in [-0.3, -0.25) is 0 Å². The minimum absolute atomic E-state index is 0.0260. The molecule has 0 aliphatic carbocycles. The standard InChI is InChI=1S/C16H10F2IN3O2/c1-7-9-5-10(16(23)24)15(13(18)14(9)21-6-20-7)22-12-3-2-8(19)4-11(12)17/h2-6,22H,1H3,(H,23,24). The minimum Gasteiger partial charge on any atom is -0.478 e. The number of carboxylic acids is 1. The van der Waals surface area contributed by atoms with Gasteiger partial charge in [-0.05, 0) is 53.8 Å². The maximum absolute atomic E-state index is 14.8. The highest BCUT2D eigenvalue weighted by molar-refractivity contribution is 14.1. The van der Waals surface area contributed by atoms with Gasteiger partial charge in [0.15, 0.2) is 5.82 Å². The van der Waals surface area contributed by atoms with Crippen molar-refractivity contribution in [2.24, 2.45) is 0 Å². The first kappa shape index (κ1) is 16.5. The number of hydrogen-bond donors (Lipinski definition) is 2. The number of aromatic nitrogens is 2. The van der Waals surface area contributed by atoms with Crippen molar-refractivity contribution in [2.45, 2.75) is 6.92 Å². The van der Waals surface area contributed by atoms with Crippen LogP contribution in [-0.2, 0) is 0 Å². The van der Waals surface area contributed by atoms with Crippen molar-refractivity contribution in [2.75, 3.05) is 5.32 Å². The van der Waals surface area contributed by atoms with Crippen molar-refractivity contribution in [1.29, 1.82) is 0 Å². The SMILES string of the molecule is Cc1ncnc2c(F)c(Nc3ccc(I)cc3F)c(C(=O)O)cc12. The number of nitrogens with zero attached hydrogens (tertiary/aromatic N) is 2. The van der Waals surface area contributed by atoms with Gasteiger partial charge in [0.1, 0.15) is 17.7 Å². The predicted molar refractivity (Wildman–Crippen MR) is 93.6 cm³/mol. The second-order valence-corrected chi connectivity index (χ2v) is 6.27. The molecule has 0 bridgehead atoms. The van der Waals surface area contributed by atoms with E-state index >= 15 is 0 Å². The highest BCUT2D eigenvalue weighted by atomic mass is 127.